The molecule has 2 aliphatic rings. The smallest absolute Gasteiger partial charge is 0.233 e. The van der Waals surface area contributed by atoms with Gasteiger partial charge in [-0.25, -0.2) is 0 Å². The minimum atomic E-state index is 0.153. The number of carbonyl (C=O) groups excluding carboxylic acids is 1. The molecule has 4 heteroatoms. The van der Waals surface area contributed by atoms with Gasteiger partial charge in [0.05, 0.1) is 6.54 Å². The normalized spacial score (nSPS) is 22.8. The number of carbonyl (C=O) groups is 1. The molecule has 1 aliphatic carbocycles. The predicted octanol–water partition coefficient (Wildman–Crippen LogP) is 1.37. The molecule has 0 aromatic heterocycles. The maximum Gasteiger partial charge on any atom is 0.233 e. The van der Waals surface area contributed by atoms with E-state index in [0.29, 0.717) is 18.5 Å². The summed E-state index contributed by atoms with van der Waals surface area (Å²) >= 11 is 0. The van der Waals surface area contributed by atoms with E-state index in [0.717, 1.165) is 13.1 Å². The molecule has 0 spiro atoms. The van der Waals surface area contributed by atoms with Gasteiger partial charge in [-0.3, -0.25) is 4.79 Å². The molecule has 1 heterocycles. The van der Waals surface area contributed by atoms with E-state index >= 15 is 0 Å². The van der Waals surface area contributed by atoms with Gasteiger partial charge in [0.2, 0.25) is 5.91 Å². The van der Waals surface area contributed by atoms with E-state index in [9.17, 15) is 4.79 Å². The minimum Gasteiger partial charge on any atom is -0.355 e. The van der Waals surface area contributed by atoms with Crippen LogP contribution in [0, 0.1) is 5.92 Å². The number of nitrogens with one attached hydrogen (secondary N) is 2. The standard InChI is InChI=1S/C15H29N3O/c1-13(12-18-8-4-5-9-18)10-17-15(19)11-16-14-6-2-3-7-14/h13-14,16H,2-12H2,1H3,(H,17,19). The molecular formula is C15H29N3O. The van der Waals surface area contributed by atoms with Crippen LogP contribution < -0.4 is 10.6 Å². The van der Waals surface area contributed by atoms with Gasteiger partial charge in [-0.2, -0.15) is 0 Å². The number of hydrogen-bond acceptors (Lipinski definition) is 3. The molecule has 110 valence electrons. The molecule has 2 rings (SSSR count). The first-order chi connectivity index (χ1) is 9.24. The van der Waals surface area contributed by atoms with Gasteiger partial charge in [0.15, 0.2) is 0 Å². The third-order valence-corrected chi connectivity index (χ3v) is 4.32. The summed E-state index contributed by atoms with van der Waals surface area (Å²) < 4.78 is 0. The molecule has 0 aromatic rings. The van der Waals surface area contributed by atoms with E-state index in [1.165, 1.54) is 51.6 Å². The van der Waals surface area contributed by atoms with Crippen molar-refractivity contribution in [1.82, 2.24) is 15.5 Å². The van der Waals surface area contributed by atoms with Gasteiger partial charge in [-0.05, 0) is 44.7 Å². The minimum absolute atomic E-state index is 0.153. The van der Waals surface area contributed by atoms with Crippen LogP contribution in [0.5, 0.6) is 0 Å². The van der Waals surface area contributed by atoms with E-state index in [4.69, 9.17) is 0 Å². The van der Waals surface area contributed by atoms with Crippen LogP contribution in [0.3, 0.4) is 0 Å². The lowest BCUT2D eigenvalue weighted by molar-refractivity contribution is -0.120. The van der Waals surface area contributed by atoms with Crippen molar-refractivity contribution in [3.05, 3.63) is 0 Å². The molecule has 1 unspecified atom stereocenters. The SMILES string of the molecule is CC(CNC(=O)CNC1CCCC1)CN1CCCC1. The summed E-state index contributed by atoms with van der Waals surface area (Å²) in [6.07, 6.45) is 7.77. The van der Waals surface area contributed by atoms with Crippen LogP contribution >= 0.6 is 0 Å². The Morgan fingerprint density at radius 1 is 1.21 bits per heavy atom. The Bertz CT molecular complexity index is 271. The van der Waals surface area contributed by atoms with Crippen LogP contribution in [-0.2, 0) is 4.79 Å². The zero-order chi connectivity index (χ0) is 13.5. The van der Waals surface area contributed by atoms with E-state index in [1.807, 2.05) is 0 Å². The highest BCUT2D eigenvalue weighted by molar-refractivity contribution is 5.78. The van der Waals surface area contributed by atoms with E-state index < -0.39 is 0 Å². The summed E-state index contributed by atoms with van der Waals surface area (Å²) in [7, 11) is 0. The zero-order valence-electron chi connectivity index (χ0n) is 12.3. The highest BCUT2D eigenvalue weighted by Gasteiger charge is 2.17. The molecule has 4 nitrogen and oxygen atoms in total. The van der Waals surface area contributed by atoms with Crippen LogP contribution in [0.2, 0.25) is 0 Å². The van der Waals surface area contributed by atoms with E-state index in [1.54, 1.807) is 0 Å². The van der Waals surface area contributed by atoms with Crippen molar-refractivity contribution in [2.24, 2.45) is 5.92 Å². The Labute approximate surface area is 117 Å². The third kappa shape index (κ3) is 5.49. The fourth-order valence-corrected chi connectivity index (χ4v) is 3.19. The Balaban J connectivity index is 1.52. The lowest BCUT2D eigenvalue weighted by atomic mass is 10.1. The first-order valence-electron chi connectivity index (χ1n) is 7.96. The first kappa shape index (κ1) is 14.8. The lowest BCUT2D eigenvalue weighted by Crippen LogP contribution is -2.41. The summed E-state index contributed by atoms with van der Waals surface area (Å²) in [6.45, 7) is 7.12. The average molecular weight is 267 g/mol. The second-order valence-corrected chi connectivity index (χ2v) is 6.28. The molecule has 0 aromatic carbocycles. The molecule has 1 amide bonds. The molecule has 0 bridgehead atoms. The Morgan fingerprint density at radius 3 is 2.58 bits per heavy atom. The van der Waals surface area contributed by atoms with Crippen molar-refractivity contribution in [3.63, 3.8) is 0 Å². The van der Waals surface area contributed by atoms with Crippen molar-refractivity contribution in [2.75, 3.05) is 32.7 Å². The average Bonchev–Trinajstić information content (AvgIpc) is 3.06. The molecule has 2 N–H and O–H groups in total. The second kappa shape index (κ2) is 7.85. The topological polar surface area (TPSA) is 44.4 Å². The Kier molecular flexibility index (Phi) is 6.11. The lowest BCUT2D eigenvalue weighted by Gasteiger charge is -2.20. The van der Waals surface area contributed by atoms with Gasteiger partial charge >= 0.3 is 0 Å². The molecule has 1 atom stereocenters. The van der Waals surface area contributed by atoms with Crippen molar-refractivity contribution in [3.8, 4) is 0 Å². The van der Waals surface area contributed by atoms with Crippen LogP contribution in [0.4, 0.5) is 0 Å². The number of amides is 1. The summed E-state index contributed by atoms with van der Waals surface area (Å²) in [6, 6.07) is 0.577. The van der Waals surface area contributed by atoms with Gasteiger partial charge in [0.25, 0.3) is 0 Å². The quantitative estimate of drug-likeness (QED) is 0.732. The fraction of sp³-hybridized carbons (Fsp3) is 0.933. The third-order valence-electron chi connectivity index (χ3n) is 4.32. The summed E-state index contributed by atoms with van der Waals surface area (Å²) in [5.41, 5.74) is 0. The molecule has 19 heavy (non-hydrogen) atoms. The van der Waals surface area contributed by atoms with E-state index in [-0.39, 0.29) is 5.91 Å². The molecule has 1 saturated heterocycles. The summed E-state index contributed by atoms with van der Waals surface area (Å²) in [5, 5.41) is 6.41. The number of rotatable bonds is 7. The largest absolute Gasteiger partial charge is 0.355 e. The zero-order valence-corrected chi connectivity index (χ0v) is 12.3. The predicted molar refractivity (Wildman–Crippen MR) is 78.1 cm³/mol. The molecule has 1 saturated carbocycles. The molecule has 0 radical (unpaired) electrons. The molecule has 1 aliphatic heterocycles. The highest BCUT2D eigenvalue weighted by atomic mass is 16.1. The maximum absolute atomic E-state index is 11.8. The Morgan fingerprint density at radius 2 is 1.89 bits per heavy atom. The van der Waals surface area contributed by atoms with Crippen molar-refractivity contribution >= 4 is 5.91 Å². The number of nitrogens with zero attached hydrogens (tertiary/aromatic N) is 1. The van der Waals surface area contributed by atoms with Gasteiger partial charge in [0.1, 0.15) is 0 Å². The molecular weight excluding hydrogens is 238 g/mol. The number of likely N-dealkylation sites (tertiary alicyclic amines) is 1. The fourth-order valence-electron chi connectivity index (χ4n) is 3.19. The maximum atomic E-state index is 11.8. The van der Waals surface area contributed by atoms with Crippen molar-refractivity contribution in [2.45, 2.75) is 51.5 Å². The van der Waals surface area contributed by atoms with Gasteiger partial charge in [0, 0.05) is 19.1 Å². The first-order valence-corrected chi connectivity index (χ1v) is 7.96. The van der Waals surface area contributed by atoms with Crippen LogP contribution in [-0.4, -0.2) is 49.6 Å². The van der Waals surface area contributed by atoms with Crippen molar-refractivity contribution in [1.29, 1.82) is 0 Å². The second-order valence-electron chi connectivity index (χ2n) is 6.28. The summed E-state index contributed by atoms with van der Waals surface area (Å²) in [4.78, 5) is 14.3. The summed E-state index contributed by atoms with van der Waals surface area (Å²) in [5.74, 6) is 0.703. The van der Waals surface area contributed by atoms with Gasteiger partial charge in [-0.15, -0.1) is 0 Å². The van der Waals surface area contributed by atoms with E-state index in [2.05, 4.69) is 22.5 Å². The van der Waals surface area contributed by atoms with Gasteiger partial charge < -0.3 is 15.5 Å². The van der Waals surface area contributed by atoms with Crippen molar-refractivity contribution < 1.29 is 4.79 Å². The Hall–Kier alpha value is -0.610. The van der Waals surface area contributed by atoms with Crippen LogP contribution in [0.15, 0.2) is 0 Å². The van der Waals surface area contributed by atoms with Gasteiger partial charge in [-0.1, -0.05) is 19.8 Å². The monoisotopic (exact) mass is 267 g/mol. The van der Waals surface area contributed by atoms with Crippen LogP contribution in [0.25, 0.3) is 0 Å². The van der Waals surface area contributed by atoms with Crippen LogP contribution in [0.1, 0.15) is 45.4 Å². The highest BCUT2D eigenvalue weighted by Crippen LogP contribution is 2.17. The molecule has 2 fully saturated rings. The number of hydrogen-bond donors (Lipinski definition) is 2.